The monoisotopic (exact) mass is 450 g/mol. The molecule has 0 N–H and O–H groups in total. The van der Waals surface area contributed by atoms with Gasteiger partial charge in [-0.25, -0.2) is 0 Å². The first-order chi connectivity index (χ1) is 12.3. The van der Waals surface area contributed by atoms with Gasteiger partial charge in [-0.1, -0.05) is 65.7 Å². The molecule has 138 valence electrons. The average Bonchev–Trinajstić information content (AvgIpc) is 2.67. The van der Waals surface area contributed by atoms with Crippen molar-refractivity contribution in [1.82, 2.24) is 0 Å². The van der Waals surface area contributed by atoms with Crippen LogP contribution in [0.3, 0.4) is 0 Å². The standard InChI is InChI=1S/C24H35I/c25-22-11-9-18-13-17(6-7-20(18)15-22)19-10-12-24-21(14-19)8-5-16-3-1-2-4-23(16)24/h9-11,16-18,20-24H,1-8,12-15H2/t16?,17?,18?,20-,21?,22?,23?,24-/m0/s1. The first kappa shape index (κ1) is 17.3. The molecule has 0 spiro atoms. The van der Waals surface area contributed by atoms with Crippen LogP contribution in [0.15, 0.2) is 23.8 Å². The molecule has 0 bridgehead atoms. The van der Waals surface area contributed by atoms with Gasteiger partial charge in [0.15, 0.2) is 0 Å². The molecule has 0 saturated heterocycles. The molecule has 5 rings (SSSR count). The van der Waals surface area contributed by atoms with Crippen LogP contribution in [-0.4, -0.2) is 3.92 Å². The lowest BCUT2D eigenvalue weighted by molar-refractivity contribution is 0.0483. The summed E-state index contributed by atoms with van der Waals surface area (Å²) in [5.41, 5.74) is 1.90. The highest BCUT2D eigenvalue weighted by atomic mass is 127. The van der Waals surface area contributed by atoms with Crippen LogP contribution in [0.1, 0.15) is 77.0 Å². The molecule has 0 radical (unpaired) electrons. The Labute approximate surface area is 168 Å². The van der Waals surface area contributed by atoms with Gasteiger partial charge in [0, 0.05) is 3.92 Å². The summed E-state index contributed by atoms with van der Waals surface area (Å²) in [7, 11) is 0. The predicted octanol–water partition coefficient (Wildman–Crippen LogP) is 7.34. The summed E-state index contributed by atoms with van der Waals surface area (Å²) in [4.78, 5) is 0. The third-order valence-corrected chi connectivity index (χ3v) is 9.77. The Morgan fingerprint density at radius 2 is 1.60 bits per heavy atom. The number of rotatable bonds is 1. The van der Waals surface area contributed by atoms with Gasteiger partial charge in [0.2, 0.25) is 0 Å². The van der Waals surface area contributed by atoms with E-state index in [-0.39, 0.29) is 0 Å². The van der Waals surface area contributed by atoms with E-state index >= 15 is 0 Å². The lowest BCUT2D eigenvalue weighted by Crippen LogP contribution is -2.39. The highest BCUT2D eigenvalue weighted by molar-refractivity contribution is 14.1. The highest BCUT2D eigenvalue weighted by Gasteiger charge is 2.42. The molecule has 6 unspecified atom stereocenters. The second-order valence-electron chi connectivity index (χ2n) is 10.00. The fourth-order valence-electron chi connectivity index (χ4n) is 7.54. The van der Waals surface area contributed by atoms with Crippen LogP contribution in [0, 0.1) is 41.4 Å². The fraction of sp³-hybridized carbons (Fsp3) is 0.833. The van der Waals surface area contributed by atoms with Crippen LogP contribution in [0.2, 0.25) is 0 Å². The van der Waals surface area contributed by atoms with Crippen molar-refractivity contribution in [2.24, 2.45) is 41.4 Å². The Bertz CT molecular complexity index is 546. The lowest BCUT2D eigenvalue weighted by atomic mass is 9.57. The van der Waals surface area contributed by atoms with E-state index in [1.807, 2.05) is 5.57 Å². The Balaban J connectivity index is 1.27. The van der Waals surface area contributed by atoms with E-state index in [2.05, 4.69) is 40.8 Å². The van der Waals surface area contributed by atoms with E-state index in [0.717, 1.165) is 45.3 Å². The Kier molecular flexibility index (Phi) is 5.07. The first-order valence-corrected chi connectivity index (χ1v) is 12.5. The van der Waals surface area contributed by atoms with Crippen molar-refractivity contribution in [3.05, 3.63) is 23.8 Å². The van der Waals surface area contributed by atoms with Gasteiger partial charge in [0.25, 0.3) is 0 Å². The Hall–Kier alpha value is 0.210. The summed E-state index contributed by atoms with van der Waals surface area (Å²) in [5.74, 6) is 7.15. The summed E-state index contributed by atoms with van der Waals surface area (Å²) < 4.78 is 0.802. The molecule has 0 heterocycles. The second kappa shape index (κ2) is 7.32. The molecule has 3 saturated carbocycles. The number of hydrogen-bond acceptors (Lipinski definition) is 0. The number of alkyl halides is 1. The van der Waals surface area contributed by atoms with E-state index in [1.165, 1.54) is 51.4 Å². The molecule has 0 amide bonds. The van der Waals surface area contributed by atoms with Gasteiger partial charge in [-0.3, -0.25) is 0 Å². The minimum atomic E-state index is 0.802. The largest absolute Gasteiger partial charge is 0.0847 e. The van der Waals surface area contributed by atoms with Crippen LogP contribution >= 0.6 is 22.6 Å². The molecule has 25 heavy (non-hydrogen) atoms. The Morgan fingerprint density at radius 1 is 0.760 bits per heavy atom. The summed E-state index contributed by atoms with van der Waals surface area (Å²) >= 11 is 2.63. The van der Waals surface area contributed by atoms with Gasteiger partial charge in [-0.05, 0) is 99.2 Å². The van der Waals surface area contributed by atoms with Gasteiger partial charge in [0.1, 0.15) is 0 Å². The number of halogens is 1. The summed E-state index contributed by atoms with van der Waals surface area (Å²) in [6.07, 6.45) is 26.0. The minimum Gasteiger partial charge on any atom is -0.0847 e. The molecule has 0 aliphatic heterocycles. The Morgan fingerprint density at radius 3 is 2.56 bits per heavy atom. The maximum atomic E-state index is 2.76. The van der Waals surface area contributed by atoms with E-state index < -0.39 is 0 Å². The molecule has 5 aliphatic carbocycles. The summed E-state index contributed by atoms with van der Waals surface area (Å²) in [6.45, 7) is 0. The van der Waals surface area contributed by atoms with Crippen molar-refractivity contribution >= 4 is 22.6 Å². The maximum absolute atomic E-state index is 2.76. The van der Waals surface area contributed by atoms with Crippen LogP contribution in [0.5, 0.6) is 0 Å². The van der Waals surface area contributed by atoms with Crippen molar-refractivity contribution in [1.29, 1.82) is 0 Å². The topological polar surface area (TPSA) is 0 Å². The fourth-order valence-corrected chi connectivity index (χ4v) is 8.44. The van der Waals surface area contributed by atoms with Crippen LogP contribution in [0.4, 0.5) is 0 Å². The molecule has 0 aromatic rings. The zero-order chi connectivity index (χ0) is 16.8. The average molecular weight is 450 g/mol. The quantitative estimate of drug-likeness (QED) is 0.223. The molecule has 5 aliphatic rings. The molecule has 0 nitrogen and oxygen atoms in total. The van der Waals surface area contributed by atoms with Gasteiger partial charge in [-0.2, -0.15) is 0 Å². The van der Waals surface area contributed by atoms with Gasteiger partial charge in [-0.15, -0.1) is 0 Å². The van der Waals surface area contributed by atoms with Crippen molar-refractivity contribution in [2.75, 3.05) is 0 Å². The number of allylic oxidation sites excluding steroid dienone is 4. The first-order valence-electron chi connectivity index (χ1n) is 11.3. The third kappa shape index (κ3) is 3.41. The molecular weight excluding hydrogens is 415 g/mol. The van der Waals surface area contributed by atoms with Crippen LogP contribution in [-0.2, 0) is 0 Å². The third-order valence-electron chi connectivity index (χ3n) is 8.85. The van der Waals surface area contributed by atoms with Crippen molar-refractivity contribution in [3.63, 3.8) is 0 Å². The number of hydrogen-bond donors (Lipinski definition) is 0. The van der Waals surface area contributed by atoms with Gasteiger partial charge in [0.05, 0.1) is 0 Å². The normalized spacial score (nSPS) is 49.6. The molecule has 0 aromatic heterocycles. The second-order valence-corrected chi connectivity index (χ2v) is 11.6. The maximum Gasteiger partial charge on any atom is 0.0292 e. The summed E-state index contributed by atoms with van der Waals surface area (Å²) in [5, 5.41) is 0. The van der Waals surface area contributed by atoms with Crippen molar-refractivity contribution in [2.45, 2.75) is 81.0 Å². The van der Waals surface area contributed by atoms with Crippen molar-refractivity contribution in [3.8, 4) is 0 Å². The highest BCUT2D eigenvalue weighted by Crippen LogP contribution is 2.53. The van der Waals surface area contributed by atoms with E-state index in [4.69, 9.17) is 0 Å². The zero-order valence-electron chi connectivity index (χ0n) is 15.7. The lowest BCUT2D eigenvalue weighted by Gasteiger charge is -2.49. The van der Waals surface area contributed by atoms with Gasteiger partial charge >= 0.3 is 0 Å². The molecule has 3 fully saturated rings. The van der Waals surface area contributed by atoms with Crippen molar-refractivity contribution < 1.29 is 0 Å². The molecular formula is C24H35I. The van der Waals surface area contributed by atoms with E-state index in [9.17, 15) is 0 Å². The van der Waals surface area contributed by atoms with E-state index in [1.54, 1.807) is 25.7 Å². The predicted molar refractivity (Wildman–Crippen MR) is 115 cm³/mol. The number of fused-ring (bicyclic) bond motifs is 4. The molecule has 1 heteroatoms. The summed E-state index contributed by atoms with van der Waals surface area (Å²) in [6, 6.07) is 0. The van der Waals surface area contributed by atoms with Gasteiger partial charge < -0.3 is 0 Å². The SMILES string of the molecule is IC1C=CC2CC(C3=CC[C@H]4C(CCC5CCCCC54)C3)CC[C@H]2C1. The molecule has 8 atom stereocenters. The van der Waals surface area contributed by atoms with E-state index in [0.29, 0.717) is 0 Å². The zero-order valence-corrected chi connectivity index (χ0v) is 17.9. The minimum absolute atomic E-state index is 0.802. The smallest absolute Gasteiger partial charge is 0.0292 e. The van der Waals surface area contributed by atoms with Crippen LogP contribution < -0.4 is 0 Å². The molecule has 0 aromatic carbocycles. The van der Waals surface area contributed by atoms with Crippen LogP contribution in [0.25, 0.3) is 0 Å².